The Bertz CT molecular complexity index is 673. The van der Waals surface area contributed by atoms with E-state index in [9.17, 15) is 4.79 Å². The van der Waals surface area contributed by atoms with Crippen molar-refractivity contribution in [1.82, 2.24) is 9.97 Å². The summed E-state index contributed by atoms with van der Waals surface area (Å²) in [6, 6.07) is 3.67. The van der Waals surface area contributed by atoms with E-state index < -0.39 is 0 Å². The highest BCUT2D eigenvalue weighted by Crippen LogP contribution is 2.29. The molecule has 0 saturated carbocycles. The number of aromatic nitrogens is 2. The quantitative estimate of drug-likeness (QED) is 0.899. The van der Waals surface area contributed by atoms with Crippen molar-refractivity contribution in [3.8, 4) is 11.8 Å². The van der Waals surface area contributed by atoms with Crippen molar-refractivity contribution in [2.75, 3.05) is 33.3 Å². The van der Waals surface area contributed by atoms with Gasteiger partial charge in [0.1, 0.15) is 12.1 Å². The van der Waals surface area contributed by atoms with E-state index in [4.69, 9.17) is 14.2 Å². The SMILES string of the molecule is COCC(=O)Nc1cc(C)cc2nc(OC)c(OC)nc12. The standard InChI is InChI=1S/C14H17N3O4/c1-8-5-9(15-11(18)7-19-2)12-10(6-8)16-13(20-3)14(17-12)21-4/h5-6H,7H2,1-4H3,(H,15,18). The molecule has 7 heteroatoms. The van der Waals surface area contributed by atoms with E-state index in [1.807, 2.05) is 19.1 Å². The van der Waals surface area contributed by atoms with E-state index in [1.54, 1.807) is 0 Å². The number of methoxy groups -OCH3 is 3. The Balaban J connectivity index is 2.56. The molecule has 1 aromatic heterocycles. The van der Waals surface area contributed by atoms with Crippen LogP contribution in [0, 0.1) is 6.92 Å². The number of nitrogens with zero attached hydrogens (tertiary/aromatic N) is 2. The maximum Gasteiger partial charge on any atom is 0.278 e. The van der Waals surface area contributed by atoms with Gasteiger partial charge in [0.05, 0.1) is 25.4 Å². The van der Waals surface area contributed by atoms with Crippen molar-refractivity contribution in [3.05, 3.63) is 17.7 Å². The summed E-state index contributed by atoms with van der Waals surface area (Å²) in [6.07, 6.45) is 0. The third kappa shape index (κ3) is 3.19. The zero-order valence-electron chi connectivity index (χ0n) is 12.4. The molecule has 1 N–H and O–H groups in total. The van der Waals surface area contributed by atoms with Crippen LogP contribution in [0.2, 0.25) is 0 Å². The number of fused-ring (bicyclic) bond motifs is 1. The lowest BCUT2D eigenvalue weighted by molar-refractivity contribution is -0.119. The molecule has 0 radical (unpaired) electrons. The lowest BCUT2D eigenvalue weighted by Crippen LogP contribution is -2.17. The van der Waals surface area contributed by atoms with E-state index in [0.29, 0.717) is 22.6 Å². The molecule has 112 valence electrons. The fourth-order valence-electron chi connectivity index (χ4n) is 1.95. The molecule has 2 aromatic rings. The number of ether oxygens (including phenoxy) is 3. The Morgan fingerprint density at radius 3 is 2.43 bits per heavy atom. The lowest BCUT2D eigenvalue weighted by atomic mass is 10.1. The van der Waals surface area contributed by atoms with Gasteiger partial charge in [0.25, 0.3) is 11.8 Å². The Morgan fingerprint density at radius 2 is 1.81 bits per heavy atom. The van der Waals surface area contributed by atoms with Gasteiger partial charge in [0.2, 0.25) is 5.91 Å². The van der Waals surface area contributed by atoms with Crippen LogP contribution in [0.3, 0.4) is 0 Å². The first-order chi connectivity index (χ1) is 10.1. The van der Waals surface area contributed by atoms with Gasteiger partial charge in [-0.2, -0.15) is 0 Å². The van der Waals surface area contributed by atoms with Gasteiger partial charge in [-0.3, -0.25) is 4.79 Å². The van der Waals surface area contributed by atoms with Gasteiger partial charge in [0.15, 0.2) is 0 Å². The van der Waals surface area contributed by atoms with E-state index in [0.717, 1.165) is 5.56 Å². The summed E-state index contributed by atoms with van der Waals surface area (Å²) in [5.41, 5.74) is 2.64. The zero-order valence-corrected chi connectivity index (χ0v) is 12.4. The van der Waals surface area contributed by atoms with Crippen LogP contribution in [0.1, 0.15) is 5.56 Å². The van der Waals surface area contributed by atoms with Crippen molar-refractivity contribution in [2.45, 2.75) is 6.92 Å². The molecular formula is C14H17N3O4. The number of hydrogen-bond donors (Lipinski definition) is 1. The van der Waals surface area contributed by atoms with Gasteiger partial charge in [-0.25, -0.2) is 9.97 Å². The molecule has 0 spiro atoms. The largest absolute Gasteiger partial charge is 0.477 e. The van der Waals surface area contributed by atoms with Crippen molar-refractivity contribution in [1.29, 1.82) is 0 Å². The Morgan fingerprint density at radius 1 is 1.14 bits per heavy atom. The maximum atomic E-state index is 11.7. The molecule has 0 unspecified atom stereocenters. The van der Waals surface area contributed by atoms with Gasteiger partial charge < -0.3 is 19.5 Å². The molecule has 0 aliphatic carbocycles. The zero-order chi connectivity index (χ0) is 15.4. The Kier molecular flexibility index (Phi) is 4.54. The van der Waals surface area contributed by atoms with Crippen molar-refractivity contribution < 1.29 is 19.0 Å². The molecule has 7 nitrogen and oxygen atoms in total. The van der Waals surface area contributed by atoms with Gasteiger partial charge in [-0.15, -0.1) is 0 Å². The monoisotopic (exact) mass is 291 g/mol. The number of nitrogens with one attached hydrogen (secondary N) is 1. The van der Waals surface area contributed by atoms with Crippen LogP contribution >= 0.6 is 0 Å². The van der Waals surface area contributed by atoms with Crippen LogP contribution in [0.5, 0.6) is 11.8 Å². The summed E-state index contributed by atoms with van der Waals surface area (Å²) in [5, 5.41) is 2.75. The second-order valence-electron chi connectivity index (χ2n) is 4.40. The number of carbonyl (C=O) groups excluding carboxylic acids is 1. The molecule has 0 saturated heterocycles. The molecule has 21 heavy (non-hydrogen) atoms. The molecule has 1 aromatic carbocycles. The average molecular weight is 291 g/mol. The van der Waals surface area contributed by atoms with Crippen LogP contribution in [-0.4, -0.2) is 43.8 Å². The van der Waals surface area contributed by atoms with E-state index in [1.165, 1.54) is 21.3 Å². The predicted octanol–water partition coefficient (Wildman–Crippen LogP) is 1.54. The van der Waals surface area contributed by atoms with Crippen LogP contribution in [-0.2, 0) is 9.53 Å². The molecule has 0 aliphatic heterocycles. The van der Waals surface area contributed by atoms with Crippen molar-refractivity contribution in [2.24, 2.45) is 0 Å². The molecular weight excluding hydrogens is 274 g/mol. The normalized spacial score (nSPS) is 10.5. The first-order valence-corrected chi connectivity index (χ1v) is 6.28. The number of carbonyl (C=O) groups is 1. The highest BCUT2D eigenvalue weighted by Gasteiger charge is 2.14. The number of amides is 1. The number of benzene rings is 1. The predicted molar refractivity (Wildman–Crippen MR) is 77.9 cm³/mol. The van der Waals surface area contributed by atoms with Crippen molar-refractivity contribution in [3.63, 3.8) is 0 Å². The van der Waals surface area contributed by atoms with Gasteiger partial charge in [-0.1, -0.05) is 0 Å². The van der Waals surface area contributed by atoms with Gasteiger partial charge in [-0.05, 0) is 24.6 Å². The number of rotatable bonds is 5. The summed E-state index contributed by atoms with van der Waals surface area (Å²) in [5.74, 6) is 0.293. The van der Waals surface area contributed by atoms with E-state index >= 15 is 0 Å². The highest BCUT2D eigenvalue weighted by atomic mass is 16.5. The van der Waals surface area contributed by atoms with Crippen LogP contribution in [0.15, 0.2) is 12.1 Å². The van der Waals surface area contributed by atoms with E-state index in [2.05, 4.69) is 15.3 Å². The fourth-order valence-corrected chi connectivity index (χ4v) is 1.95. The molecule has 2 rings (SSSR count). The minimum absolute atomic E-state index is 0.0316. The smallest absolute Gasteiger partial charge is 0.278 e. The Labute approximate surface area is 122 Å². The van der Waals surface area contributed by atoms with Crippen LogP contribution in [0.25, 0.3) is 11.0 Å². The van der Waals surface area contributed by atoms with Crippen LogP contribution in [0.4, 0.5) is 5.69 Å². The highest BCUT2D eigenvalue weighted by molar-refractivity contribution is 6.00. The summed E-state index contributed by atoms with van der Waals surface area (Å²) in [7, 11) is 4.44. The first-order valence-electron chi connectivity index (χ1n) is 6.28. The van der Waals surface area contributed by atoms with Gasteiger partial charge >= 0.3 is 0 Å². The second-order valence-corrected chi connectivity index (χ2v) is 4.40. The first kappa shape index (κ1) is 15.0. The Hall–Kier alpha value is -2.41. The average Bonchev–Trinajstić information content (AvgIpc) is 2.46. The lowest BCUT2D eigenvalue weighted by Gasteiger charge is -2.11. The third-order valence-electron chi connectivity index (χ3n) is 2.79. The van der Waals surface area contributed by atoms with Crippen molar-refractivity contribution >= 4 is 22.6 Å². The number of aryl methyl sites for hydroxylation is 1. The summed E-state index contributed by atoms with van der Waals surface area (Å²) < 4.78 is 15.1. The van der Waals surface area contributed by atoms with Crippen LogP contribution < -0.4 is 14.8 Å². The van der Waals surface area contributed by atoms with Gasteiger partial charge in [0, 0.05) is 7.11 Å². The minimum Gasteiger partial charge on any atom is -0.477 e. The molecule has 0 atom stereocenters. The molecule has 0 fully saturated rings. The summed E-state index contributed by atoms with van der Waals surface area (Å²) >= 11 is 0. The third-order valence-corrected chi connectivity index (χ3v) is 2.79. The molecule has 0 aliphatic rings. The minimum atomic E-state index is -0.263. The molecule has 1 heterocycles. The maximum absolute atomic E-state index is 11.7. The molecule has 0 bridgehead atoms. The fraction of sp³-hybridized carbons (Fsp3) is 0.357. The summed E-state index contributed by atoms with van der Waals surface area (Å²) in [4.78, 5) is 20.4. The summed E-state index contributed by atoms with van der Waals surface area (Å²) in [6.45, 7) is 1.87. The second kappa shape index (κ2) is 6.36. The molecule has 1 amide bonds. The number of hydrogen-bond acceptors (Lipinski definition) is 6. The topological polar surface area (TPSA) is 82.6 Å². The van der Waals surface area contributed by atoms with E-state index in [-0.39, 0.29) is 18.4 Å². The number of anilines is 1.